The molecule has 2 aromatic heterocycles. The second-order valence-electron chi connectivity index (χ2n) is 8.23. The molecule has 7 nitrogen and oxygen atoms in total. The van der Waals surface area contributed by atoms with Crippen LogP contribution in [0.4, 0.5) is 16.0 Å². The number of aromatic nitrogens is 3. The van der Waals surface area contributed by atoms with E-state index in [1.165, 1.54) is 6.07 Å². The predicted octanol–water partition coefficient (Wildman–Crippen LogP) is 3.62. The lowest BCUT2D eigenvalue weighted by atomic mass is 10.1. The van der Waals surface area contributed by atoms with Gasteiger partial charge in [-0.2, -0.15) is 0 Å². The highest BCUT2D eigenvalue weighted by molar-refractivity contribution is 5.80. The molecule has 0 atom stereocenters. The van der Waals surface area contributed by atoms with E-state index >= 15 is 0 Å². The van der Waals surface area contributed by atoms with Crippen molar-refractivity contribution in [2.75, 3.05) is 43.5 Å². The summed E-state index contributed by atoms with van der Waals surface area (Å²) in [6.07, 6.45) is 1.77. The maximum Gasteiger partial charge on any atom is 0.172 e. The van der Waals surface area contributed by atoms with E-state index in [-0.39, 0.29) is 11.9 Å². The van der Waals surface area contributed by atoms with Crippen LogP contribution < -0.4 is 15.0 Å². The molecular formula is C23H29FN6O. The fourth-order valence-electron chi connectivity index (χ4n) is 3.78. The quantitative estimate of drug-likeness (QED) is 0.648. The van der Waals surface area contributed by atoms with Gasteiger partial charge in [-0.1, -0.05) is 6.07 Å². The Kier molecular flexibility index (Phi) is 6.18. The number of rotatable bonds is 6. The Morgan fingerprint density at radius 1 is 1.10 bits per heavy atom. The van der Waals surface area contributed by atoms with Crippen molar-refractivity contribution in [2.24, 2.45) is 0 Å². The van der Waals surface area contributed by atoms with Gasteiger partial charge in [0.1, 0.15) is 17.1 Å². The molecule has 0 radical (unpaired) electrons. The summed E-state index contributed by atoms with van der Waals surface area (Å²) in [6, 6.07) is 7.25. The maximum absolute atomic E-state index is 14.3. The Bertz CT molecular complexity index is 1070. The summed E-state index contributed by atoms with van der Waals surface area (Å²) in [6.45, 7) is 9.95. The third-order valence-electron chi connectivity index (χ3n) is 5.42. The first kappa shape index (κ1) is 21.2. The van der Waals surface area contributed by atoms with Crippen LogP contribution in [0.3, 0.4) is 0 Å². The average Bonchev–Trinajstić information content (AvgIpc) is 2.75. The topological polar surface area (TPSA) is 66.4 Å². The number of ether oxygens (including phenoxy) is 1. The maximum atomic E-state index is 14.3. The Morgan fingerprint density at radius 3 is 2.55 bits per heavy atom. The minimum Gasteiger partial charge on any atom is -0.497 e. The van der Waals surface area contributed by atoms with Gasteiger partial charge in [0, 0.05) is 56.1 Å². The van der Waals surface area contributed by atoms with Crippen LogP contribution in [-0.2, 0) is 6.54 Å². The zero-order chi connectivity index (χ0) is 22.0. The number of halogens is 1. The molecule has 1 aliphatic rings. The number of hydrogen-bond donors (Lipinski definition) is 1. The summed E-state index contributed by atoms with van der Waals surface area (Å²) in [7, 11) is 1.55. The van der Waals surface area contributed by atoms with E-state index in [2.05, 4.69) is 33.9 Å². The highest BCUT2D eigenvalue weighted by atomic mass is 19.1. The molecular weight excluding hydrogens is 395 g/mol. The Balaban J connectivity index is 1.51. The van der Waals surface area contributed by atoms with Crippen molar-refractivity contribution in [1.29, 1.82) is 0 Å². The molecule has 8 heteroatoms. The van der Waals surface area contributed by atoms with Crippen molar-refractivity contribution in [2.45, 2.75) is 33.4 Å². The lowest BCUT2D eigenvalue weighted by Crippen LogP contribution is -2.46. The molecule has 3 aromatic rings. The van der Waals surface area contributed by atoms with Crippen LogP contribution in [0.1, 0.15) is 25.1 Å². The molecule has 0 spiro atoms. The van der Waals surface area contributed by atoms with Gasteiger partial charge in [-0.3, -0.25) is 9.88 Å². The van der Waals surface area contributed by atoms with E-state index in [4.69, 9.17) is 14.7 Å². The number of fused-ring (bicyclic) bond motifs is 1. The SMILES string of the molecule is COc1ccc(CN2CCN(c3nc4cc(C)ncc4nc3NC(C)C)CC2)c(F)c1. The molecule has 164 valence electrons. The highest BCUT2D eigenvalue weighted by Gasteiger charge is 2.23. The van der Waals surface area contributed by atoms with Crippen LogP contribution in [0.5, 0.6) is 5.75 Å². The Hall–Kier alpha value is -3.00. The van der Waals surface area contributed by atoms with E-state index in [0.29, 0.717) is 17.9 Å². The first-order chi connectivity index (χ1) is 14.9. The molecule has 3 heterocycles. The number of aryl methyl sites for hydroxylation is 1. The average molecular weight is 425 g/mol. The third-order valence-corrected chi connectivity index (χ3v) is 5.42. The van der Waals surface area contributed by atoms with Crippen molar-refractivity contribution in [3.8, 4) is 5.75 Å². The van der Waals surface area contributed by atoms with Crippen molar-refractivity contribution in [1.82, 2.24) is 19.9 Å². The number of nitrogens with one attached hydrogen (secondary N) is 1. The predicted molar refractivity (Wildman–Crippen MR) is 121 cm³/mol. The number of piperazine rings is 1. The molecule has 0 saturated carbocycles. The van der Waals surface area contributed by atoms with Crippen LogP contribution in [0.25, 0.3) is 11.0 Å². The first-order valence-electron chi connectivity index (χ1n) is 10.6. The van der Waals surface area contributed by atoms with Crippen LogP contribution in [0, 0.1) is 12.7 Å². The summed E-state index contributed by atoms with van der Waals surface area (Å²) in [5, 5.41) is 3.43. The van der Waals surface area contributed by atoms with Gasteiger partial charge in [-0.25, -0.2) is 14.4 Å². The molecule has 1 aliphatic heterocycles. The van der Waals surface area contributed by atoms with E-state index in [9.17, 15) is 4.39 Å². The molecule has 1 saturated heterocycles. The van der Waals surface area contributed by atoms with Crippen molar-refractivity contribution >= 4 is 22.7 Å². The molecule has 4 rings (SSSR count). The lowest BCUT2D eigenvalue weighted by Gasteiger charge is -2.36. The van der Waals surface area contributed by atoms with Crippen LogP contribution >= 0.6 is 0 Å². The second-order valence-corrected chi connectivity index (χ2v) is 8.23. The second kappa shape index (κ2) is 9.01. The van der Waals surface area contributed by atoms with Crippen molar-refractivity contribution < 1.29 is 9.13 Å². The van der Waals surface area contributed by atoms with Crippen molar-refractivity contribution in [3.63, 3.8) is 0 Å². The molecule has 0 bridgehead atoms. The van der Waals surface area contributed by atoms with Gasteiger partial charge in [-0.05, 0) is 32.9 Å². The van der Waals surface area contributed by atoms with Gasteiger partial charge in [0.25, 0.3) is 0 Å². The molecule has 0 unspecified atom stereocenters. The van der Waals surface area contributed by atoms with Crippen LogP contribution in [-0.4, -0.2) is 59.2 Å². The normalized spacial score (nSPS) is 15.0. The minimum atomic E-state index is -0.227. The number of methoxy groups -OCH3 is 1. The van der Waals surface area contributed by atoms with Crippen LogP contribution in [0.15, 0.2) is 30.5 Å². The van der Waals surface area contributed by atoms with Crippen molar-refractivity contribution in [3.05, 3.63) is 47.5 Å². The van der Waals surface area contributed by atoms with E-state index in [0.717, 1.165) is 54.5 Å². The van der Waals surface area contributed by atoms with Crippen LogP contribution in [0.2, 0.25) is 0 Å². The number of benzene rings is 1. The van der Waals surface area contributed by atoms with Gasteiger partial charge < -0.3 is 15.0 Å². The summed E-state index contributed by atoms with van der Waals surface area (Å²) >= 11 is 0. The van der Waals surface area contributed by atoms with Gasteiger partial charge in [0.15, 0.2) is 11.6 Å². The molecule has 0 aliphatic carbocycles. The molecule has 31 heavy (non-hydrogen) atoms. The first-order valence-corrected chi connectivity index (χ1v) is 10.6. The zero-order valence-corrected chi connectivity index (χ0v) is 18.5. The van der Waals surface area contributed by atoms with Gasteiger partial charge in [-0.15, -0.1) is 0 Å². The third kappa shape index (κ3) is 4.85. The summed E-state index contributed by atoms with van der Waals surface area (Å²) in [4.78, 5) is 18.6. The standard InChI is InChI=1S/C23H29FN6O/c1-15(2)26-22-23(28-20-11-16(3)25-13-21(20)27-22)30-9-7-29(8-10-30)14-17-5-6-18(31-4)12-19(17)24/h5-6,11-13,15H,7-10,14H2,1-4H3,(H,26,27). The lowest BCUT2D eigenvalue weighted by molar-refractivity contribution is 0.246. The Morgan fingerprint density at radius 2 is 1.87 bits per heavy atom. The number of pyridine rings is 1. The fourth-order valence-corrected chi connectivity index (χ4v) is 3.78. The highest BCUT2D eigenvalue weighted by Crippen LogP contribution is 2.27. The van der Waals surface area contributed by atoms with Gasteiger partial charge in [0.2, 0.25) is 0 Å². The molecule has 1 N–H and O–H groups in total. The summed E-state index contributed by atoms with van der Waals surface area (Å²) in [5.41, 5.74) is 3.24. The largest absolute Gasteiger partial charge is 0.497 e. The molecule has 1 aromatic carbocycles. The minimum absolute atomic E-state index is 0.227. The Labute approximate surface area is 182 Å². The fraction of sp³-hybridized carbons (Fsp3) is 0.435. The number of anilines is 2. The van der Waals surface area contributed by atoms with Gasteiger partial charge >= 0.3 is 0 Å². The number of nitrogens with zero attached hydrogens (tertiary/aromatic N) is 5. The summed E-state index contributed by atoms with van der Waals surface area (Å²) in [5.74, 6) is 1.95. The van der Waals surface area contributed by atoms with E-state index in [1.54, 1.807) is 25.4 Å². The molecule has 1 fully saturated rings. The van der Waals surface area contributed by atoms with E-state index in [1.807, 2.05) is 13.0 Å². The summed E-state index contributed by atoms with van der Waals surface area (Å²) < 4.78 is 19.4. The smallest absolute Gasteiger partial charge is 0.172 e. The number of hydrogen-bond acceptors (Lipinski definition) is 7. The monoisotopic (exact) mass is 424 g/mol. The zero-order valence-electron chi connectivity index (χ0n) is 18.5. The molecule has 0 amide bonds. The van der Waals surface area contributed by atoms with Gasteiger partial charge in [0.05, 0.1) is 18.8 Å². The van der Waals surface area contributed by atoms with E-state index < -0.39 is 0 Å².